The summed E-state index contributed by atoms with van der Waals surface area (Å²) in [6.07, 6.45) is 0. The predicted octanol–water partition coefficient (Wildman–Crippen LogP) is 3.53. The number of ketones is 1. The maximum atomic E-state index is 12.3. The Morgan fingerprint density at radius 2 is 1.50 bits per heavy atom. The molecule has 104 valence electrons. The van der Waals surface area contributed by atoms with Gasteiger partial charge in [0.1, 0.15) is 5.75 Å². The third kappa shape index (κ3) is 3.60. The molecule has 0 unspecified atom stereocenters. The molecule has 2 aromatic carbocycles. The van der Waals surface area contributed by atoms with Crippen molar-refractivity contribution in [2.45, 2.75) is 13.8 Å². The number of nitrogen functional groups attached to an aromatic ring is 1. The molecule has 3 nitrogen and oxygen atoms in total. The summed E-state index contributed by atoms with van der Waals surface area (Å²) in [5.41, 5.74) is 7.55. The second-order valence-corrected chi connectivity index (χ2v) is 5.18. The monoisotopic (exact) mass is 269 g/mol. The van der Waals surface area contributed by atoms with Crippen LogP contribution in [0.25, 0.3) is 0 Å². The molecular weight excluding hydrogens is 250 g/mol. The Hall–Kier alpha value is -2.29. The number of carbonyl (C=O) groups excluding carboxylic acids is 1. The average molecular weight is 269 g/mol. The SMILES string of the molecule is CC(C)COc1ccc(C(=O)c2ccc(N)cc2)cc1. The third-order valence-electron chi connectivity index (χ3n) is 2.87. The van der Waals surface area contributed by atoms with Crippen LogP contribution in [0.4, 0.5) is 5.69 Å². The Morgan fingerprint density at radius 1 is 1.00 bits per heavy atom. The van der Waals surface area contributed by atoms with Crippen molar-refractivity contribution in [2.24, 2.45) is 5.92 Å². The van der Waals surface area contributed by atoms with Gasteiger partial charge in [0.25, 0.3) is 0 Å². The molecular formula is C17H19NO2. The fraction of sp³-hybridized carbons (Fsp3) is 0.235. The number of nitrogens with two attached hydrogens (primary N) is 1. The van der Waals surface area contributed by atoms with Gasteiger partial charge in [-0.3, -0.25) is 4.79 Å². The van der Waals surface area contributed by atoms with E-state index in [0.717, 1.165) is 5.75 Å². The quantitative estimate of drug-likeness (QED) is 0.667. The van der Waals surface area contributed by atoms with Crippen LogP contribution in [0.5, 0.6) is 5.75 Å². The predicted molar refractivity (Wildman–Crippen MR) is 81.1 cm³/mol. The van der Waals surface area contributed by atoms with Gasteiger partial charge in [-0.2, -0.15) is 0 Å². The second kappa shape index (κ2) is 6.24. The summed E-state index contributed by atoms with van der Waals surface area (Å²) < 4.78 is 5.60. The van der Waals surface area contributed by atoms with Gasteiger partial charge in [0.05, 0.1) is 6.61 Å². The minimum absolute atomic E-state index is 0.0135. The number of hydrogen-bond donors (Lipinski definition) is 1. The molecule has 0 atom stereocenters. The number of carbonyl (C=O) groups is 1. The lowest BCUT2D eigenvalue weighted by Crippen LogP contribution is -2.05. The first-order chi connectivity index (χ1) is 9.56. The lowest BCUT2D eigenvalue weighted by Gasteiger charge is -2.09. The molecule has 2 N–H and O–H groups in total. The van der Waals surface area contributed by atoms with Crippen LogP contribution in [0.15, 0.2) is 48.5 Å². The number of hydrogen-bond acceptors (Lipinski definition) is 3. The van der Waals surface area contributed by atoms with Crippen LogP contribution in [0, 0.1) is 5.92 Å². The van der Waals surface area contributed by atoms with Crippen LogP contribution in [0.1, 0.15) is 29.8 Å². The zero-order valence-corrected chi connectivity index (χ0v) is 11.8. The highest BCUT2D eigenvalue weighted by molar-refractivity contribution is 6.09. The lowest BCUT2D eigenvalue weighted by molar-refractivity contribution is 0.103. The smallest absolute Gasteiger partial charge is 0.193 e. The lowest BCUT2D eigenvalue weighted by atomic mass is 10.0. The molecule has 0 aliphatic rings. The second-order valence-electron chi connectivity index (χ2n) is 5.18. The number of benzene rings is 2. The Morgan fingerprint density at radius 3 is 2.00 bits per heavy atom. The van der Waals surface area contributed by atoms with E-state index in [1.165, 1.54) is 0 Å². The maximum absolute atomic E-state index is 12.3. The highest BCUT2D eigenvalue weighted by Gasteiger charge is 2.08. The fourth-order valence-corrected chi connectivity index (χ4v) is 1.77. The van der Waals surface area contributed by atoms with E-state index in [-0.39, 0.29) is 5.78 Å². The third-order valence-corrected chi connectivity index (χ3v) is 2.87. The summed E-state index contributed by atoms with van der Waals surface area (Å²) in [5.74, 6) is 1.25. The van der Waals surface area contributed by atoms with Crippen molar-refractivity contribution in [3.05, 3.63) is 59.7 Å². The molecule has 0 radical (unpaired) electrons. The molecule has 0 saturated heterocycles. The van der Waals surface area contributed by atoms with Gasteiger partial charge < -0.3 is 10.5 Å². The van der Waals surface area contributed by atoms with Crippen LogP contribution < -0.4 is 10.5 Å². The standard InChI is InChI=1S/C17H19NO2/c1-12(2)11-20-16-9-5-14(6-10-16)17(19)13-3-7-15(18)8-4-13/h3-10,12H,11,18H2,1-2H3. The van der Waals surface area contributed by atoms with E-state index in [2.05, 4.69) is 13.8 Å². The first kappa shape index (κ1) is 14.1. The molecule has 3 heteroatoms. The zero-order valence-electron chi connectivity index (χ0n) is 11.8. The van der Waals surface area contributed by atoms with E-state index >= 15 is 0 Å². The first-order valence-electron chi connectivity index (χ1n) is 6.69. The normalized spacial score (nSPS) is 10.6. The first-order valence-corrected chi connectivity index (χ1v) is 6.69. The molecule has 0 aliphatic carbocycles. The molecule has 0 amide bonds. The van der Waals surface area contributed by atoms with Gasteiger partial charge in [-0.1, -0.05) is 13.8 Å². The van der Waals surface area contributed by atoms with Gasteiger partial charge >= 0.3 is 0 Å². The maximum Gasteiger partial charge on any atom is 0.193 e. The summed E-state index contributed by atoms with van der Waals surface area (Å²) in [4.78, 5) is 12.3. The Bertz CT molecular complexity index is 571. The zero-order chi connectivity index (χ0) is 14.5. The van der Waals surface area contributed by atoms with Crippen molar-refractivity contribution in [1.29, 1.82) is 0 Å². The van der Waals surface area contributed by atoms with Gasteiger partial charge in [0.15, 0.2) is 5.78 Å². The van der Waals surface area contributed by atoms with E-state index in [4.69, 9.17) is 10.5 Å². The fourth-order valence-electron chi connectivity index (χ4n) is 1.77. The number of anilines is 1. The summed E-state index contributed by atoms with van der Waals surface area (Å²) >= 11 is 0. The van der Waals surface area contributed by atoms with Crippen LogP contribution in [-0.4, -0.2) is 12.4 Å². The van der Waals surface area contributed by atoms with Crippen molar-refractivity contribution in [1.82, 2.24) is 0 Å². The molecule has 0 aromatic heterocycles. The number of ether oxygens (including phenoxy) is 1. The molecule has 2 rings (SSSR count). The van der Waals surface area contributed by atoms with Crippen molar-refractivity contribution in [3.8, 4) is 5.75 Å². The molecule has 0 saturated carbocycles. The van der Waals surface area contributed by atoms with Crippen molar-refractivity contribution < 1.29 is 9.53 Å². The molecule has 2 aromatic rings. The highest BCUT2D eigenvalue weighted by Crippen LogP contribution is 2.17. The van der Waals surface area contributed by atoms with Crippen molar-refractivity contribution in [3.63, 3.8) is 0 Å². The molecule has 0 bridgehead atoms. The van der Waals surface area contributed by atoms with Crippen LogP contribution in [0.3, 0.4) is 0 Å². The molecule has 0 heterocycles. The van der Waals surface area contributed by atoms with E-state index < -0.39 is 0 Å². The van der Waals surface area contributed by atoms with Crippen molar-refractivity contribution in [2.75, 3.05) is 12.3 Å². The summed E-state index contributed by atoms with van der Waals surface area (Å²) in [7, 11) is 0. The van der Waals surface area contributed by atoms with Crippen LogP contribution >= 0.6 is 0 Å². The Balaban J connectivity index is 2.09. The van der Waals surface area contributed by atoms with Gasteiger partial charge in [-0.25, -0.2) is 0 Å². The van der Waals surface area contributed by atoms with Crippen molar-refractivity contribution >= 4 is 11.5 Å². The summed E-state index contributed by atoms with van der Waals surface area (Å²) in [6.45, 7) is 4.86. The largest absolute Gasteiger partial charge is 0.493 e. The summed E-state index contributed by atoms with van der Waals surface area (Å²) in [5, 5.41) is 0. The van der Waals surface area contributed by atoms with Gasteiger partial charge in [-0.05, 0) is 54.4 Å². The molecule has 20 heavy (non-hydrogen) atoms. The Kier molecular flexibility index (Phi) is 4.41. The van der Waals surface area contributed by atoms with Gasteiger partial charge in [0.2, 0.25) is 0 Å². The minimum Gasteiger partial charge on any atom is -0.493 e. The Labute approximate surface area is 119 Å². The van der Waals surface area contributed by atoms with Crippen LogP contribution in [0.2, 0.25) is 0 Å². The van der Waals surface area contributed by atoms with Gasteiger partial charge in [-0.15, -0.1) is 0 Å². The molecule has 0 fully saturated rings. The van der Waals surface area contributed by atoms with E-state index in [9.17, 15) is 4.79 Å². The minimum atomic E-state index is -0.0135. The average Bonchev–Trinajstić information content (AvgIpc) is 2.46. The number of rotatable bonds is 5. The molecule has 0 aliphatic heterocycles. The summed E-state index contributed by atoms with van der Waals surface area (Å²) in [6, 6.07) is 14.2. The van der Waals surface area contributed by atoms with Crippen LogP contribution in [-0.2, 0) is 0 Å². The topological polar surface area (TPSA) is 52.3 Å². The van der Waals surface area contributed by atoms with E-state index in [0.29, 0.717) is 29.3 Å². The van der Waals surface area contributed by atoms with E-state index in [1.807, 2.05) is 12.1 Å². The van der Waals surface area contributed by atoms with Gasteiger partial charge in [0, 0.05) is 16.8 Å². The van der Waals surface area contributed by atoms with E-state index in [1.54, 1.807) is 36.4 Å². The highest BCUT2D eigenvalue weighted by atomic mass is 16.5. The molecule has 0 spiro atoms.